The number of amides is 1. The van der Waals surface area contributed by atoms with E-state index in [4.69, 9.17) is 10.8 Å². The highest BCUT2D eigenvalue weighted by atomic mass is 16.4. The summed E-state index contributed by atoms with van der Waals surface area (Å²) in [7, 11) is 0. The normalized spacial score (nSPS) is 18.9. The molecule has 0 aliphatic heterocycles. The van der Waals surface area contributed by atoms with Crippen molar-refractivity contribution in [2.24, 2.45) is 17.6 Å². The molecule has 0 heterocycles. The van der Waals surface area contributed by atoms with Crippen molar-refractivity contribution < 1.29 is 29.1 Å². The van der Waals surface area contributed by atoms with Crippen LogP contribution in [0.5, 0.6) is 0 Å². The van der Waals surface area contributed by atoms with Crippen molar-refractivity contribution in [2.75, 3.05) is 13.1 Å². The van der Waals surface area contributed by atoms with Crippen LogP contribution in [-0.2, 0) is 24.0 Å². The van der Waals surface area contributed by atoms with Gasteiger partial charge in [0.25, 0.3) is 0 Å². The number of rotatable bonds is 20. The fourth-order valence-corrected chi connectivity index (χ4v) is 5.33. The molecular formula is C31H56N4O6. The molecule has 1 amide bonds. The molecule has 1 aliphatic carbocycles. The van der Waals surface area contributed by atoms with E-state index < -0.39 is 28.6 Å². The van der Waals surface area contributed by atoms with Crippen LogP contribution >= 0.6 is 0 Å². The first-order valence-electron chi connectivity index (χ1n) is 15.3. The van der Waals surface area contributed by atoms with E-state index in [0.717, 1.165) is 45.1 Å². The van der Waals surface area contributed by atoms with Crippen LogP contribution in [0, 0.1) is 11.8 Å². The minimum Gasteiger partial charge on any atom is -0.481 e. The van der Waals surface area contributed by atoms with Crippen molar-refractivity contribution in [1.82, 2.24) is 16.0 Å². The molecule has 1 fully saturated rings. The van der Waals surface area contributed by atoms with Crippen LogP contribution in [0.2, 0.25) is 0 Å². The van der Waals surface area contributed by atoms with E-state index in [0.29, 0.717) is 31.7 Å². The van der Waals surface area contributed by atoms with Crippen LogP contribution in [0.4, 0.5) is 0 Å². The number of hydrogen-bond acceptors (Lipinski definition) is 8. The molecule has 1 atom stereocenters. The van der Waals surface area contributed by atoms with Crippen LogP contribution in [0.3, 0.4) is 0 Å². The highest BCUT2D eigenvalue weighted by molar-refractivity contribution is 5.94. The first kappa shape index (κ1) is 36.9. The standard InChI is InChI=1S/C31H56N4O6/c1-8-24(36)30(4,5)34-20-21-13-15-22(16-14-21)28(41)33-19-11-9-10-12-25(37)31(6,7)35-23(17-18-26(38)39)27(40)29(2,3)32/h21-23,34-35H,8-20,32H2,1-7H3,(H,33,41)(H,38,39). The molecule has 6 N–H and O–H groups in total. The zero-order valence-corrected chi connectivity index (χ0v) is 26.5. The van der Waals surface area contributed by atoms with Gasteiger partial charge < -0.3 is 21.5 Å². The number of carboxylic acid groups (broad SMARTS) is 1. The lowest BCUT2D eigenvalue weighted by molar-refractivity contribution is -0.137. The Morgan fingerprint density at radius 1 is 0.854 bits per heavy atom. The fourth-order valence-electron chi connectivity index (χ4n) is 5.33. The maximum atomic E-state index is 12.9. The fraction of sp³-hybridized carbons (Fsp3) is 0.839. The van der Waals surface area contributed by atoms with Gasteiger partial charge in [-0.2, -0.15) is 0 Å². The van der Waals surface area contributed by atoms with Crippen molar-refractivity contribution in [3.05, 3.63) is 0 Å². The molecule has 41 heavy (non-hydrogen) atoms. The van der Waals surface area contributed by atoms with E-state index in [1.54, 1.807) is 27.7 Å². The number of carbonyl (C=O) groups excluding carboxylic acids is 4. The average Bonchev–Trinajstić information content (AvgIpc) is 2.90. The topological polar surface area (TPSA) is 168 Å². The number of carbonyl (C=O) groups is 5. The summed E-state index contributed by atoms with van der Waals surface area (Å²) < 4.78 is 0. The van der Waals surface area contributed by atoms with Crippen LogP contribution in [-0.4, -0.2) is 70.1 Å². The third-order valence-electron chi connectivity index (χ3n) is 8.28. The van der Waals surface area contributed by atoms with E-state index in [9.17, 15) is 24.0 Å². The number of ketones is 3. The van der Waals surface area contributed by atoms with Crippen molar-refractivity contribution in [2.45, 2.75) is 142 Å². The van der Waals surface area contributed by atoms with Gasteiger partial charge in [0.1, 0.15) is 0 Å². The van der Waals surface area contributed by atoms with Crippen molar-refractivity contribution in [1.29, 1.82) is 0 Å². The summed E-state index contributed by atoms with van der Waals surface area (Å²) in [6.07, 6.45) is 6.56. The molecule has 1 aliphatic rings. The number of Topliss-reactive ketones (excluding diaryl/α,β-unsaturated/α-hetero) is 3. The Balaban J connectivity index is 2.36. The SMILES string of the molecule is CCC(=O)C(C)(C)NCC1CCC(C(=O)NCCCCCC(=O)C(C)(C)NC(CCC(=O)O)C(=O)C(C)(C)N)CC1. The summed E-state index contributed by atoms with van der Waals surface area (Å²) in [5.74, 6) is -0.585. The van der Waals surface area contributed by atoms with Gasteiger partial charge in [0, 0.05) is 31.7 Å². The van der Waals surface area contributed by atoms with Crippen LogP contribution < -0.4 is 21.7 Å². The highest BCUT2D eigenvalue weighted by Gasteiger charge is 2.36. The summed E-state index contributed by atoms with van der Waals surface area (Å²) in [6.45, 7) is 13.7. The van der Waals surface area contributed by atoms with Crippen molar-refractivity contribution >= 4 is 29.2 Å². The number of hydrogen-bond donors (Lipinski definition) is 5. The largest absolute Gasteiger partial charge is 0.481 e. The van der Waals surface area contributed by atoms with E-state index in [1.165, 1.54) is 0 Å². The van der Waals surface area contributed by atoms with Gasteiger partial charge >= 0.3 is 5.97 Å². The minimum absolute atomic E-state index is 0.0280. The van der Waals surface area contributed by atoms with Gasteiger partial charge in [-0.3, -0.25) is 29.3 Å². The third-order valence-corrected chi connectivity index (χ3v) is 8.28. The molecule has 10 nitrogen and oxygen atoms in total. The van der Waals surface area contributed by atoms with Crippen LogP contribution in [0.1, 0.15) is 119 Å². The van der Waals surface area contributed by atoms with Crippen molar-refractivity contribution in [3.63, 3.8) is 0 Å². The smallest absolute Gasteiger partial charge is 0.303 e. The second-order valence-electron chi connectivity index (χ2n) is 13.4. The number of unbranched alkanes of at least 4 members (excludes halogenated alkanes) is 2. The van der Waals surface area contributed by atoms with Gasteiger partial charge in [0.05, 0.1) is 22.7 Å². The maximum Gasteiger partial charge on any atom is 0.303 e. The highest BCUT2D eigenvalue weighted by Crippen LogP contribution is 2.29. The maximum absolute atomic E-state index is 12.9. The average molecular weight is 581 g/mol. The molecule has 1 unspecified atom stereocenters. The zero-order chi connectivity index (χ0) is 31.4. The van der Waals surface area contributed by atoms with E-state index in [1.807, 2.05) is 20.8 Å². The monoisotopic (exact) mass is 580 g/mol. The predicted molar refractivity (Wildman–Crippen MR) is 160 cm³/mol. The Hall–Kier alpha value is -2.17. The second-order valence-corrected chi connectivity index (χ2v) is 13.4. The number of nitrogens with two attached hydrogens (primary N) is 1. The number of nitrogens with one attached hydrogen (secondary N) is 3. The molecular weight excluding hydrogens is 524 g/mol. The molecule has 236 valence electrons. The molecule has 1 rings (SSSR count). The lowest BCUT2D eigenvalue weighted by Gasteiger charge is -2.33. The van der Waals surface area contributed by atoms with Gasteiger partial charge in [-0.1, -0.05) is 13.3 Å². The minimum atomic E-state index is -1.15. The summed E-state index contributed by atoms with van der Waals surface area (Å²) in [6, 6.07) is -0.830. The molecule has 0 aromatic heterocycles. The summed E-state index contributed by atoms with van der Waals surface area (Å²) in [5, 5.41) is 18.6. The molecule has 0 saturated heterocycles. The lowest BCUT2D eigenvalue weighted by Crippen LogP contribution is -2.59. The van der Waals surface area contributed by atoms with Gasteiger partial charge in [-0.25, -0.2) is 0 Å². The lowest BCUT2D eigenvalue weighted by atomic mass is 9.81. The Morgan fingerprint density at radius 2 is 1.46 bits per heavy atom. The Kier molecular flexibility index (Phi) is 14.8. The van der Waals surface area contributed by atoms with Gasteiger partial charge in [0.15, 0.2) is 17.3 Å². The van der Waals surface area contributed by atoms with E-state index in [-0.39, 0.29) is 42.0 Å². The molecule has 10 heteroatoms. The summed E-state index contributed by atoms with van der Waals surface area (Å²) >= 11 is 0. The summed E-state index contributed by atoms with van der Waals surface area (Å²) in [5.41, 5.74) is 3.29. The Morgan fingerprint density at radius 3 is 2.00 bits per heavy atom. The molecule has 0 bridgehead atoms. The molecule has 0 radical (unpaired) electrons. The molecule has 0 spiro atoms. The molecule has 0 aromatic carbocycles. The quantitative estimate of drug-likeness (QED) is 0.136. The predicted octanol–water partition coefficient (Wildman–Crippen LogP) is 3.29. The molecule has 0 aromatic rings. The number of aliphatic carboxylic acids is 1. The van der Waals surface area contributed by atoms with Crippen LogP contribution in [0.25, 0.3) is 0 Å². The number of carboxylic acids is 1. The molecule has 1 saturated carbocycles. The Bertz CT molecular complexity index is 901. The Labute approximate surface area is 246 Å². The van der Waals surface area contributed by atoms with Gasteiger partial charge in [-0.15, -0.1) is 0 Å². The van der Waals surface area contributed by atoms with Crippen LogP contribution in [0.15, 0.2) is 0 Å². The van der Waals surface area contributed by atoms with E-state index in [2.05, 4.69) is 16.0 Å². The van der Waals surface area contributed by atoms with E-state index >= 15 is 0 Å². The zero-order valence-electron chi connectivity index (χ0n) is 26.5. The van der Waals surface area contributed by atoms with Gasteiger partial charge in [-0.05, 0) is 99.0 Å². The second kappa shape index (κ2) is 16.5. The third kappa shape index (κ3) is 13.1. The first-order valence-corrected chi connectivity index (χ1v) is 15.3. The summed E-state index contributed by atoms with van der Waals surface area (Å²) in [4.78, 5) is 61.4. The first-order chi connectivity index (χ1) is 18.9. The van der Waals surface area contributed by atoms with Crippen molar-refractivity contribution in [3.8, 4) is 0 Å². The van der Waals surface area contributed by atoms with Gasteiger partial charge in [0.2, 0.25) is 5.91 Å².